The minimum atomic E-state index is -0.437. The van der Waals surface area contributed by atoms with Crippen molar-refractivity contribution in [3.05, 3.63) is 65.9 Å². The summed E-state index contributed by atoms with van der Waals surface area (Å²) in [7, 11) is 1.66. The number of nitrogens with one attached hydrogen (secondary N) is 3. The Labute approximate surface area is 164 Å². The number of hydrogen-bond donors (Lipinski definition) is 3. The lowest BCUT2D eigenvalue weighted by Gasteiger charge is -2.24. The fourth-order valence-electron chi connectivity index (χ4n) is 3.68. The van der Waals surface area contributed by atoms with Gasteiger partial charge in [-0.25, -0.2) is 0 Å². The number of carbonyl (C=O) groups excluding carboxylic acids is 1. The predicted molar refractivity (Wildman–Crippen MR) is 109 cm³/mol. The van der Waals surface area contributed by atoms with Gasteiger partial charge in [0, 0.05) is 42.7 Å². The Morgan fingerprint density at radius 1 is 1.25 bits per heavy atom. The smallest absolute Gasteiger partial charge is 0.250 e. The van der Waals surface area contributed by atoms with E-state index >= 15 is 0 Å². The van der Waals surface area contributed by atoms with Gasteiger partial charge in [0.1, 0.15) is 11.9 Å². The van der Waals surface area contributed by atoms with E-state index in [1.807, 2.05) is 30.5 Å². The van der Waals surface area contributed by atoms with Crippen LogP contribution in [0.15, 0.2) is 54.7 Å². The van der Waals surface area contributed by atoms with Gasteiger partial charge in [-0.1, -0.05) is 30.3 Å². The topological polar surface area (TPSA) is 75.4 Å². The third-order valence-electron chi connectivity index (χ3n) is 5.22. The molecule has 2 atom stereocenters. The van der Waals surface area contributed by atoms with Gasteiger partial charge in [-0.05, 0) is 29.3 Å². The van der Waals surface area contributed by atoms with Crippen LogP contribution in [0.1, 0.15) is 17.0 Å². The van der Waals surface area contributed by atoms with Gasteiger partial charge in [-0.2, -0.15) is 0 Å². The van der Waals surface area contributed by atoms with Crippen LogP contribution >= 0.6 is 0 Å². The third kappa shape index (κ3) is 3.88. The Balaban J connectivity index is 1.60. The number of rotatable bonds is 6. The lowest BCUT2D eigenvalue weighted by atomic mass is 9.90. The van der Waals surface area contributed by atoms with Crippen LogP contribution in [0.3, 0.4) is 0 Å². The molecule has 1 aliphatic rings. The number of methoxy groups -OCH3 is 1. The highest BCUT2D eigenvalue weighted by atomic mass is 16.5. The Bertz CT molecular complexity index is 930. The number of ether oxygens (including phenoxy) is 2. The maximum Gasteiger partial charge on any atom is 0.250 e. The fraction of sp³-hybridized carbons (Fsp3) is 0.318. The Kier molecular flexibility index (Phi) is 5.60. The van der Waals surface area contributed by atoms with Gasteiger partial charge in [-0.15, -0.1) is 0 Å². The van der Waals surface area contributed by atoms with Crippen molar-refractivity contribution < 1.29 is 14.3 Å². The maximum atomic E-state index is 12.6. The molecular formula is C22H25N3O3. The average molecular weight is 379 g/mol. The Hall–Kier alpha value is -2.83. The minimum absolute atomic E-state index is 0.0163. The summed E-state index contributed by atoms with van der Waals surface area (Å²) in [5.74, 6) is 0.750. The largest absolute Gasteiger partial charge is 0.497 e. The van der Waals surface area contributed by atoms with E-state index in [9.17, 15) is 4.79 Å². The zero-order chi connectivity index (χ0) is 19.3. The zero-order valence-corrected chi connectivity index (χ0v) is 15.9. The monoisotopic (exact) mass is 379 g/mol. The molecular weight excluding hydrogens is 354 g/mol. The van der Waals surface area contributed by atoms with Crippen LogP contribution < -0.4 is 15.4 Å². The number of benzene rings is 2. The predicted octanol–water partition coefficient (Wildman–Crippen LogP) is 2.41. The molecule has 1 saturated heterocycles. The molecule has 6 nitrogen and oxygen atoms in total. The molecule has 0 saturated carbocycles. The highest BCUT2D eigenvalue weighted by Gasteiger charge is 2.24. The summed E-state index contributed by atoms with van der Waals surface area (Å²) in [6, 6.07) is 16.2. The van der Waals surface area contributed by atoms with Crippen molar-refractivity contribution in [2.24, 2.45) is 0 Å². The highest BCUT2D eigenvalue weighted by Crippen LogP contribution is 2.31. The van der Waals surface area contributed by atoms with E-state index in [-0.39, 0.29) is 11.8 Å². The molecule has 0 bridgehead atoms. The summed E-state index contributed by atoms with van der Waals surface area (Å²) in [6.07, 6.45) is 1.60. The molecule has 146 valence electrons. The van der Waals surface area contributed by atoms with Crippen LogP contribution in [0.5, 0.6) is 5.75 Å². The summed E-state index contributed by atoms with van der Waals surface area (Å²) in [6.45, 7) is 2.38. The molecule has 4 rings (SSSR count). The first-order valence-electron chi connectivity index (χ1n) is 9.56. The standard InChI is InChI=1S/C22H25N3O3/c1-27-16-8-6-15(7-9-16)18(12-25-22(26)21-14-23-10-11-28-21)19-13-24-20-5-3-2-4-17(19)20/h2-9,13,18,21,23-24H,10-12,14H2,1H3,(H,25,26). The van der Waals surface area contributed by atoms with Gasteiger partial charge in [0.15, 0.2) is 0 Å². The summed E-state index contributed by atoms with van der Waals surface area (Å²) in [4.78, 5) is 15.9. The minimum Gasteiger partial charge on any atom is -0.497 e. The number of carbonyl (C=O) groups is 1. The second-order valence-corrected chi connectivity index (χ2v) is 6.92. The maximum absolute atomic E-state index is 12.6. The van der Waals surface area contributed by atoms with E-state index in [0.29, 0.717) is 19.7 Å². The van der Waals surface area contributed by atoms with Crippen molar-refractivity contribution in [3.63, 3.8) is 0 Å². The molecule has 2 heterocycles. The van der Waals surface area contributed by atoms with E-state index in [1.54, 1.807) is 7.11 Å². The molecule has 28 heavy (non-hydrogen) atoms. The Morgan fingerprint density at radius 2 is 2.07 bits per heavy atom. The molecule has 6 heteroatoms. The van der Waals surface area contributed by atoms with E-state index < -0.39 is 6.10 Å². The van der Waals surface area contributed by atoms with E-state index in [2.05, 4.69) is 39.9 Å². The van der Waals surface area contributed by atoms with Crippen LogP contribution in [-0.4, -0.2) is 50.3 Å². The van der Waals surface area contributed by atoms with Gasteiger partial charge in [0.05, 0.1) is 13.7 Å². The number of hydrogen-bond acceptors (Lipinski definition) is 4. The van der Waals surface area contributed by atoms with Gasteiger partial charge in [-0.3, -0.25) is 4.79 Å². The van der Waals surface area contributed by atoms with Gasteiger partial charge in [0.2, 0.25) is 5.91 Å². The van der Waals surface area contributed by atoms with Crippen molar-refractivity contribution in [1.29, 1.82) is 0 Å². The van der Waals surface area contributed by atoms with Crippen molar-refractivity contribution in [1.82, 2.24) is 15.6 Å². The van der Waals surface area contributed by atoms with Crippen molar-refractivity contribution >= 4 is 16.8 Å². The first-order chi connectivity index (χ1) is 13.8. The molecule has 0 spiro atoms. The number of aromatic nitrogens is 1. The Morgan fingerprint density at radius 3 is 2.82 bits per heavy atom. The quantitative estimate of drug-likeness (QED) is 0.615. The van der Waals surface area contributed by atoms with Crippen molar-refractivity contribution in [2.45, 2.75) is 12.0 Å². The molecule has 2 unspecified atom stereocenters. The van der Waals surface area contributed by atoms with E-state index in [0.717, 1.165) is 34.3 Å². The number of aromatic amines is 1. The molecule has 1 aromatic heterocycles. The van der Waals surface area contributed by atoms with Crippen molar-refractivity contribution in [2.75, 3.05) is 33.4 Å². The summed E-state index contributed by atoms with van der Waals surface area (Å²) in [5, 5.41) is 7.44. The van der Waals surface area contributed by atoms with Crippen LogP contribution in [0.25, 0.3) is 10.9 Å². The molecule has 1 amide bonds. The van der Waals surface area contributed by atoms with Crippen LogP contribution in [-0.2, 0) is 9.53 Å². The van der Waals surface area contributed by atoms with E-state index in [4.69, 9.17) is 9.47 Å². The second-order valence-electron chi connectivity index (χ2n) is 6.92. The molecule has 3 aromatic rings. The SMILES string of the molecule is COc1ccc(C(CNC(=O)C2CNCCO2)c2c[nH]c3ccccc23)cc1. The number of morpholine rings is 1. The van der Waals surface area contributed by atoms with Crippen LogP contribution in [0, 0.1) is 0 Å². The molecule has 2 aromatic carbocycles. The molecule has 1 fully saturated rings. The average Bonchev–Trinajstić information content (AvgIpc) is 3.19. The summed E-state index contributed by atoms with van der Waals surface area (Å²) < 4.78 is 10.9. The van der Waals surface area contributed by atoms with Gasteiger partial charge >= 0.3 is 0 Å². The normalized spacial score (nSPS) is 18.0. The van der Waals surface area contributed by atoms with Crippen molar-refractivity contribution in [3.8, 4) is 5.75 Å². The molecule has 1 aliphatic heterocycles. The lowest BCUT2D eigenvalue weighted by Crippen LogP contribution is -2.48. The fourth-order valence-corrected chi connectivity index (χ4v) is 3.68. The van der Waals surface area contributed by atoms with E-state index in [1.165, 1.54) is 0 Å². The number of H-pyrrole nitrogens is 1. The van der Waals surface area contributed by atoms with Crippen LogP contribution in [0.2, 0.25) is 0 Å². The van der Waals surface area contributed by atoms with Gasteiger partial charge < -0.3 is 25.1 Å². The second kappa shape index (κ2) is 8.46. The van der Waals surface area contributed by atoms with Gasteiger partial charge in [0.25, 0.3) is 0 Å². The number of para-hydroxylation sites is 1. The molecule has 3 N–H and O–H groups in total. The first kappa shape index (κ1) is 18.5. The summed E-state index contributed by atoms with van der Waals surface area (Å²) in [5.41, 5.74) is 3.36. The van der Waals surface area contributed by atoms with Crippen LogP contribution in [0.4, 0.5) is 0 Å². The zero-order valence-electron chi connectivity index (χ0n) is 15.9. The summed E-state index contributed by atoms with van der Waals surface area (Å²) >= 11 is 0. The molecule has 0 radical (unpaired) electrons. The number of amides is 1. The first-order valence-corrected chi connectivity index (χ1v) is 9.56. The highest BCUT2D eigenvalue weighted by molar-refractivity contribution is 5.85. The lowest BCUT2D eigenvalue weighted by molar-refractivity contribution is -0.134. The molecule has 0 aliphatic carbocycles. The third-order valence-corrected chi connectivity index (χ3v) is 5.22. The number of fused-ring (bicyclic) bond motifs is 1.